The quantitative estimate of drug-likeness (QED) is 0.381. The maximum absolute atomic E-state index is 14.1. The highest BCUT2D eigenvalue weighted by Crippen LogP contribution is 2.31. The molecule has 1 saturated heterocycles. The Morgan fingerprint density at radius 2 is 1.83 bits per heavy atom. The zero-order valence-electron chi connectivity index (χ0n) is 20.8. The summed E-state index contributed by atoms with van der Waals surface area (Å²) in [5.41, 5.74) is 3.49. The van der Waals surface area contributed by atoms with Crippen LogP contribution in [0.2, 0.25) is 0 Å². The van der Waals surface area contributed by atoms with Crippen LogP contribution in [0.25, 0.3) is 10.2 Å². The lowest BCUT2D eigenvalue weighted by atomic mass is 9.98. The second-order valence-corrected chi connectivity index (χ2v) is 10.4. The summed E-state index contributed by atoms with van der Waals surface area (Å²) < 4.78 is 2.45. The average molecular weight is 501 g/mol. The van der Waals surface area contributed by atoms with Gasteiger partial charge in [-0.2, -0.15) is 0 Å². The van der Waals surface area contributed by atoms with Crippen LogP contribution in [0.3, 0.4) is 0 Å². The first-order valence-corrected chi connectivity index (χ1v) is 13.6. The van der Waals surface area contributed by atoms with E-state index in [-0.39, 0.29) is 23.6 Å². The smallest absolute Gasteiger partial charge is 0.271 e. The summed E-state index contributed by atoms with van der Waals surface area (Å²) in [7, 11) is 0. The molecule has 1 N–H and O–H groups in total. The van der Waals surface area contributed by atoms with E-state index in [1.165, 1.54) is 11.3 Å². The lowest BCUT2D eigenvalue weighted by molar-refractivity contribution is 0.0492. The van der Waals surface area contributed by atoms with E-state index in [0.717, 1.165) is 37.1 Å². The Hall–Kier alpha value is -3.29. The number of hydrogen-bond acceptors (Lipinski definition) is 5. The first-order valence-electron chi connectivity index (χ1n) is 12.7. The number of hydrogen-bond donors (Lipinski definition) is 1. The number of aromatic nitrogens is 2. The molecule has 0 saturated carbocycles. The number of nitrogens with zero attached hydrogens (tertiary/aromatic N) is 3. The molecule has 4 aromatic rings. The molecule has 0 bridgehead atoms. The molecule has 1 aliphatic heterocycles. The Labute approximate surface area is 215 Å². The molecule has 0 radical (unpaired) electrons. The van der Waals surface area contributed by atoms with Gasteiger partial charge in [0, 0.05) is 11.6 Å². The third kappa shape index (κ3) is 4.86. The maximum atomic E-state index is 14.1. The Balaban J connectivity index is 1.65. The SMILES string of the molecule is CCC(c1nc2ccsc2c(=O)n1Cc1ccccc1)N(C(=O)c1ccc(C)cc1)C1CCNCC1. The maximum Gasteiger partial charge on any atom is 0.271 e. The predicted octanol–water partition coefficient (Wildman–Crippen LogP) is 5.16. The summed E-state index contributed by atoms with van der Waals surface area (Å²) >= 11 is 1.42. The number of nitrogens with one attached hydrogen (secondary N) is 1. The van der Waals surface area contributed by atoms with Gasteiger partial charge in [0.25, 0.3) is 11.5 Å². The molecule has 1 atom stereocenters. The number of carbonyl (C=O) groups excluding carboxylic acids is 1. The standard InChI is InChI=1S/C29H32N4O2S/c1-3-25(33(23-13-16-30-17-14-23)28(34)22-11-9-20(2)10-12-22)27-31-24-15-18-36-26(24)29(35)32(27)19-21-7-5-4-6-8-21/h4-12,15,18,23,25,30H,3,13-14,16-17,19H2,1-2H3. The van der Waals surface area contributed by atoms with E-state index in [0.29, 0.717) is 34.6 Å². The van der Waals surface area contributed by atoms with Crippen LogP contribution >= 0.6 is 11.3 Å². The van der Waals surface area contributed by atoms with Gasteiger partial charge >= 0.3 is 0 Å². The summed E-state index contributed by atoms with van der Waals surface area (Å²) in [5, 5.41) is 5.33. The van der Waals surface area contributed by atoms with Crippen molar-refractivity contribution in [2.45, 2.75) is 51.7 Å². The van der Waals surface area contributed by atoms with Crippen molar-refractivity contribution >= 4 is 27.5 Å². The molecule has 1 fully saturated rings. The van der Waals surface area contributed by atoms with Gasteiger partial charge in [-0.05, 0) is 68.4 Å². The Kier molecular flexibility index (Phi) is 7.30. The average Bonchev–Trinajstić information content (AvgIpc) is 3.39. The van der Waals surface area contributed by atoms with Crippen LogP contribution in [-0.2, 0) is 6.54 Å². The van der Waals surface area contributed by atoms with E-state index in [1.54, 1.807) is 4.57 Å². The van der Waals surface area contributed by atoms with Crippen molar-refractivity contribution in [3.05, 3.63) is 98.9 Å². The van der Waals surface area contributed by atoms with Crippen LogP contribution in [0.4, 0.5) is 0 Å². The molecule has 1 amide bonds. The summed E-state index contributed by atoms with van der Waals surface area (Å²) in [6.45, 7) is 6.26. The van der Waals surface area contributed by atoms with Crippen LogP contribution in [0.5, 0.6) is 0 Å². The van der Waals surface area contributed by atoms with Crippen molar-refractivity contribution in [1.29, 1.82) is 0 Å². The fraction of sp³-hybridized carbons (Fsp3) is 0.345. The molecule has 36 heavy (non-hydrogen) atoms. The monoisotopic (exact) mass is 500 g/mol. The second-order valence-electron chi connectivity index (χ2n) is 9.47. The topological polar surface area (TPSA) is 67.2 Å². The number of piperidine rings is 1. The molecule has 5 rings (SSSR count). The lowest BCUT2D eigenvalue weighted by Gasteiger charge is -2.40. The molecule has 2 aromatic carbocycles. The van der Waals surface area contributed by atoms with Crippen LogP contribution in [0, 0.1) is 6.92 Å². The van der Waals surface area contributed by atoms with Crippen molar-refractivity contribution < 1.29 is 4.79 Å². The van der Waals surface area contributed by atoms with Gasteiger partial charge in [0.1, 0.15) is 10.5 Å². The minimum Gasteiger partial charge on any atom is -0.325 e. The molecule has 1 unspecified atom stereocenters. The van der Waals surface area contributed by atoms with E-state index in [9.17, 15) is 9.59 Å². The van der Waals surface area contributed by atoms with Gasteiger partial charge in [-0.25, -0.2) is 4.98 Å². The van der Waals surface area contributed by atoms with Gasteiger partial charge < -0.3 is 10.2 Å². The van der Waals surface area contributed by atoms with Crippen molar-refractivity contribution in [2.24, 2.45) is 0 Å². The van der Waals surface area contributed by atoms with Gasteiger partial charge in [-0.15, -0.1) is 11.3 Å². The summed E-state index contributed by atoms with van der Waals surface area (Å²) in [6.07, 6.45) is 2.41. The molecule has 6 nitrogen and oxygen atoms in total. The van der Waals surface area contributed by atoms with E-state index in [1.807, 2.05) is 77.9 Å². The highest BCUT2D eigenvalue weighted by molar-refractivity contribution is 7.17. The highest BCUT2D eigenvalue weighted by Gasteiger charge is 2.35. The fourth-order valence-corrected chi connectivity index (χ4v) is 5.91. The number of fused-ring (bicyclic) bond motifs is 1. The Bertz CT molecular complexity index is 1390. The van der Waals surface area contributed by atoms with Gasteiger partial charge in [0.2, 0.25) is 0 Å². The fourth-order valence-electron chi connectivity index (χ4n) is 5.13. The van der Waals surface area contributed by atoms with Gasteiger partial charge in [0.05, 0.1) is 18.1 Å². The molecule has 2 aromatic heterocycles. The van der Waals surface area contributed by atoms with E-state index in [4.69, 9.17) is 4.98 Å². The second kappa shape index (κ2) is 10.8. The van der Waals surface area contributed by atoms with E-state index >= 15 is 0 Å². The number of amides is 1. The molecule has 7 heteroatoms. The molecule has 0 aliphatic carbocycles. The van der Waals surface area contributed by atoms with Crippen molar-refractivity contribution in [1.82, 2.24) is 19.8 Å². The van der Waals surface area contributed by atoms with Crippen molar-refractivity contribution in [2.75, 3.05) is 13.1 Å². The van der Waals surface area contributed by atoms with Gasteiger partial charge in [0.15, 0.2) is 0 Å². The van der Waals surface area contributed by atoms with Gasteiger partial charge in [-0.3, -0.25) is 14.2 Å². The van der Waals surface area contributed by atoms with Crippen molar-refractivity contribution in [3.63, 3.8) is 0 Å². The molecular formula is C29H32N4O2S. The highest BCUT2D eigenvalue weighted by atomic mass is 32.1. The van der Waals surface area contributed by atoms with Crippen LogP contribution in [-0.4, -0.2) is 39.5 Å². The van der Waals surface area contributed by atoms with Crippen LogP contribution in [0.15, 0.2) is 70.8 Å². The first-order chi connectivity index (χ1) is 17.6. The van der Waals surface area contributed by atoms with Crippen LogP contribution in [0.1, 0.15) is 59.5 Å². The summed E-state index contributed by atoms with van der Waals surface area (Å²) in [6, 6.07) is 19.4. The number of aryl methyl sites for hydroxylation is 1. The minimum absolute atomic E-state index is 0.000300. The summed E-state index contributed by atoms with van der Waals surface area (Å²) in [5.74, 6) is 0.663. The third-order valence-corrected chi connectivity index (χ3v) is 7.93. The molecule has 1 aliphatic rings. The normalized spacial score (nSPS) is 15.2. The molecule has 186 valence electrons. The Morgan fingerprint density at radius 1 is 1.11 bits per heavy atom. The lowest BCUT2D eigenvalue weighted by Crippen LogP contribution is -2.49. The predicted molar refractivity (Wildman–Crippen MR) is 146 cm³/mol. The zero-order chi connectivity index (χ0) is 25.1. The third-order valence-electron chi connectivity index (χ3n) is 7.03. The number of rotatable bonds is 7. The van der Waals surface area contributed by atoms with Crippen LogP contribution < -0.4 is 10.9 Å². The first kappa shape index (κ1) is 24.4. The zero-order valence-corrected chi connectivity index (χ0v) is 21.6. The number of benzene rings is 2. The molecule has 3 heterocycles. The van der Waals surface area contributed by atoms with Gasteiger partial charge in [-0.1, -0.05) is 55.0 Å². The summed E-state index contributed by atoms with van der Waals surface area (Å²) in [4.78, 5) is 34.9. The largest absolute Gasteiger partial charge is 0.325 e. The van der Waals surface area contributed by atoms with E-state index < -0.39 is 0 Å². The molecular weight excluding hydrogens is 468 g/mol. The minimum atomic E-state index is -0.317. The number of thiophene rings is 1. The molecule has 0 spiro atoms. The van der Waals surface area contributed by atoms with Crippen molar-refractivity contribution in [3.8, 4) is 0 Å². The van der Waals surface area contributed by atoms with E-state index in [2.05, 4.69) is 12.2 Å². The number of carbonyl (C=O) groups is 1. The Morgan fingerprint density at radius 3 is 2.53 bits per heavy atom.